The molecule has 1 aliphatic rings. The minimum absolute atomic E-state index is 0.424. The largest absolute Gasteiger partial charge is 0.548 e. The number of carboxylic acid groups (broad SMARTS) is 1. The van der Waals surface area contributed by atoms with Crippen LogP contribution in [0.15, 0.2) is 24.3 Å². The zero-order valence-electron chi connectivity index (χ0n) is 11.5. The van der Waals surface area contributed by atoms with Crippen LogP contribution in [-0.2, 0) is 20.8 Å². The lowest BCUT2D eigenvalue weighted by Gasteiger charge is -2.15. The molecule has 2 rings (SSSR count). The van der Waals surface area contributed by atoms with E-state index in [9.17, 15) is 19.5 Å². The number of hydrogen-bond donors (Lipinski definition) is 0. The van der Waals surface area contributed by atoms with Gasteiger partial charge in [0.1, 0.15) is 0 Å². The first-order chi connectivity index (χ1) is 9.40. The third-order valence-corrected chi connectivity index (χ3v) is 3.71. The molecule has 1 aromatic rings. The molecule has 0 radical (unpaired) electrons. The van der Waals surface area contributed by atoms with Crippen LogP contribution in [0.25, 0.3) is 0 Å². The zero-order valence-corrected chi connectivity index (χ0v) is 11.5. The van der Waals surface area contributed by atoms with Crippen LogP contribution in [0.5, 0.6) is 0 Å². The van der Waals surface area contributed by atoms with Crippen molar-refractivity contribution in [3.05, 3.63) is 35.4 Å². The lowest BCUT2D eigenvalue weighted by Crippen LogP contribution is -2.41. The Morgan fingerprint density at radius 2 is 1.80 bits per heavy atom. The van der Waals surface area contributed by atoms with Crippen molar-refractivity contribution in [2.45, 2.75) is 20.3 Å². The maximum atomic E-state index is 12.1. The zero-order chi connectivity index (χ0) is 14.9. The van der Waals surface area contributed by atoms with Gasteiger partial charge in [-0.15, -0.1) is 0 Å². The second kappa shape index (κ2) is 5.45. The molecule has 1 aromatic carbocycles. The average Bonchev–Trinajstić information content (AvgIpc) is 2.58. The summed E-state index contributed by atoms with van der Waals surface area (Å²) < 4.78 is 0. The fourth-order valence-corrected chi connectivity index (χ4v) is 2.47. The van der Waals surface area contributed by atoms with E-state index in [1.54, 1.807) is 6.92 Å². The highest BCUT2D eigenvalue weighted by Crippen LogP contribution is 2.28. The fraction of sp³-hybridized carbons (Fsp3) is 0.400. The Labute approximate surface area is 117 Å². The minimum Gasteiger partial charge on any atom is -0.548 e. The van der Waals surface area contributed by atoms with Gasteiger partial charge in [0.05, 0.1) is 18.4 Å². The van der Waals surface area contributed by atoms with Gasteiger partial charge in [-0.05, 0) is 18.9 Å². The van der Waals surface area contributed by atoms with Crippen LogP contribution in [0.4, 0.5) is 0 Å². The summed E-state index contributed by atoms with van der Waals surface area (Å²) in [7, 11) is 0. The molecule has 2 amide bonds. The van der Waals surface area contributed by atoms with Gasteiger partial charge in [0.15, 0.2) is 0 Å². The molecule has 5 nitrogen and oxygen atoms in total. The van der Waals surface area contributed by atoms with E-state index in [0.717, 1.165) is 16.0 Å². The van der Waals surface area contributed by atoms with Crippen LogP contribution in [0.1, 0.15) is 18.1 Å². The van der Waals surface area contributed by atoms with Gasteiger partial charge in [-0.2, -0.15) is 0 Å². The second-order valence-corrected chi connectivity index (χ2v) is 5.22. The predicted molar refractivity (Wildman–Crippen MR) is 69.3 cm³/mol. The Bertz CT molecular complexity index is 549. The van der Waals surface area contributed by atoms with Crippen LogP contribution >= 0.6 is 0 Å². The van der Waals surface area contributed by atoms with Crippen LogP contribution in [0.3, 0.4) is 0 Å². The number of carbonyl (C=O) groups is 3. The highest BCUT2D eigenvalue weighted by Gasteiger charge is 2.44. The van der Waals surface area contributed by atoms with Crippen molar-refractivity contribution in [3.8, 4) is 0 Å². The summed E-state index contributed by atoms with van der Waals surface area (Å²) in [5.74, 6) is -3.27. The molecule has 1 saturated heterocycles. The quantitative estimate of drug-likeness (QED) is 0.719. The third-order valence-electron chi connectivity index (χ3n) is 3.71. The first kappa shape index (κ1) is 14.2. The van der Waals surface area contributed by atoms with Gasteiger partial charge in [-0.3, -0.25) is 14.5 Å². The number of imide groups is 1. The SMILES string of the molecule is Cc1ccc(C[C@@H]2C(=O)N(CC(=O)[O-])C(=O)[C@@H]2C)cc1. The summed E-state index contributed by atoms with van der Waals surface area (Å²) in [6.45, 7) is 2.97. The molecular weight excluding hydrogens is 258 g/mol. The number of aryl methyl sites for hydroxylation is 1. The molecule has 0 spiro atoms. The van der Waals surface area contributed by atoms with Gasteiger partial charge in [-0.25, -0.2) is 0 Å². The Kier molecular flexibility index (Phi) is 3.88. The predicted octanol–water partition coefficient (Wildman–Crippen LogP) is -0.0915. The summed E-state index contributed by atoms with van der Waals surface area (Å²) in [4.78, 5) is 35.5. The molecule has 0 unspecified atom stereocenters. The van der Waals surface area contributed by atoms with E-state index in [-0.39, 0.29) is 0 Å². The smallest absolute Gasteiger partial charge is 0.233 e. The van der Waals surface area contributed by atoms with Gasteiger partial charge >= 0.3 is 0 Å². The van der Waals surface area contributed by atoms with E-state index in [1.165, 1.54) is 0 Å². The molecule has 1 heterocycles. The van der Waals surface area contributed by atoms with E-state index in [4.69, 9.17) is 0 Å². The molecular formula is C15H16NO4-. The van der Waals surface area contributed by atoms with Crippen molar-refractivity contribution in [3.63, 3.8) is 0 Å². The average molecular weight is 274 g/mol. The second-order valence-electron chi connectivity index (χ2n) is 5.22. The molecule has 5 heteroatoms. The van der Waals surface area contributed by atoms with E-state index in [0.29, 0.717) is 6.42 Å². The first-order valence-corrected chi connectivity index (χ1v) is 6.50. The Morgan fingerprint density at radius 3 is 2.35 bits per heavy atom. The van der Waals surface area contributed by atoms with Crippen molar-refractivity contribution in [2.24, 2.45) is 11.8 Å². The highest BCUT2D eigenvalue weighted by molar-refractivity contribution is 6.06. The summed E-state index contributed by atoms with van der Waals surface area (Å²) in [6, 6.07) is 7.73. The normalized spacial score (nSPS) is 22.4. The highest BCUT2D eigenvalue weighted by atomic mass is 16.4. The number of rotatable bonds is 4. The summed E-state index contributed by atoms with van der Waals surface area (Å²) >= 11 is 0. The van der Waals surface area contributed by atoms with Gasteiger partial charge in [0.25, 0.3) is 0 Å². The van der Waals surface area contributed by atoms with Crippen LogP contribution in [0, 0.1) is 18.8 Å². The van der Waals surface area contributed by atoms with Gasteiger partial charge in [-0.1, -0.05) is 36.8 Å². The summed E-state index contributed by atoms with van der Waals surface area (Å²) in [5, 5.41) is 10.6. The van der Waals surface area contributed by atoms with Gasteiger partial charge in [0, 0.05) is 5.92 Å². The maximum Gasteiger partial charge on any atom is 0.233 e. The number of carboxylic acids is 1. The number of aliphatic carboxylic acids is 1. The molecule has 0 aliphatic carbocycles. The molecule has 0 bridgehead atoms. The van der Waals surface area contributed by atoms with Crippen LogP contribution < -0.4 is 5.11 Å². The molecule has 20 heavy (non-hydrogen) atoms. The number of likely N-dealkylation sites (tertiary alicyclic amines) is 1. The van der Waals surface area contributed by atoms with E-state index >= 15 is 0 Å². The molecule has 2 atom stereocenters. The summed E-state index contributed by atoms with van der Waals surface area (Å²) in [5.41, 5.74) is 2.08. The number of benzene rings is 1. The molecule has 1 fully saturated rings. The van der Waals surface area contributed by atoms with Crippen molar-refractivity contribution < 1.29 is 19.5 Å². The lowest BCUT2D eigenvalue weighted by molar-refractivity contribution is -0.305. The Morgan fingerprint density at radius 1 is 1.20 bits per heavy atom. The number of carbonyl (C=O) groups excluding carboxylic acids is 3. The third kappa shape index (κ3) is 2.71. The Hall–Kier alpha value is -2.17. The number of amides is 2. The van der Waals surface area contributed by atoms with E-state index < -0.39 is 36.2 Å². The van der Waals surface area contributed by atoms with E-state index in [2.05, 4.69) is 0 Å². The first-order valence-electron chi connectivity index (χ1n) is 6.50. The van der Waals surface area contributed by atoms with Crippen molar-refractivity contribution in [1.29, 1.82) is 0 Å². The number of hydrogen-bond acceptors (Lipinski definition) is 4. The van der Waals surface area contributed by atoms with Crippen molar-refractivity contribution >= 4 is 17.8 Å². The molecule has 0 N–H and O–H groups in total. The standard InChI is InChI=1S/C15H17NO4/c1-9-3-5-11(6-4-9)7-12-10(2)14(19)16(15(12)20)8-13(17)18/h3-6,10,12H,7-8H2,1-2H3,(H,17,18)/p-1/t10-,12+/m1/s1. The van der Waals surface area contributed by atoms with E-state index in [1.807, 2.05) is 31.2 Å². The monoisotopic (exact) mass is 274 g/mol. The van der Waals surface area contributed by atoms with Crippen molar-refractivity contribution in [1.82, 2.24) is 4.90 Å². The lowest BCUT2D eigenvalue weighted by atomic mass is 9.90. The molecule has 106 valence electrons. The summed E-state index contributed by atoms with van der Waals surface area (Å²) in [6.07, 6.45) is 0.440. The van der Waals surface area contributed by atoms with Gasteiger partial charge < -0.3 is 9.90 Å². The molecule has 0 aromatic heterocycles. The number of nitrogens with zero attached hydrogens (tertiary/aromatic N) is 1. The van der Waals surface area contributed by atoms with Crippen LogP contribution in [-0.4, -0.2) is 29.2 Å². The molecule has 0 saturated carbocycles. The van der Waals surface area contributed by atoms with Gasteiger partial charge in [0.2, 0.25) is 11.8 Å². The topological polar surface area (TPSA) is 77.5 Å². The Balaban J connectivity index is 2.16. The molecule has 1 aliphatic heterocycles. The fourth-order valence-electron chi connectivity index (χ4n) is 2.47. The van der Waals surface area contributed by atoms with Crippen LogP contribution in [0.2, 0.25) is 0 Å². The minimum atomic E-state index is -1.42. The van der Waals surface area contributed by atoms with Crippen molar-refractivity contribution in [2.75, 3.05) is 6.54 Å². The maximum absolute atomic E-state index is 12.1.